The van der Waals surface area contributed by atoms with E-state index in [9.17, 15) is 4.79 Å². The van der Waals surface area contributed by atoms with Crippen LogP contribution in [0.3, 0.4) is 0 Å². The van der Waals surface area contributed by atoms with Gasteiger partial charge in [-0.3, -0.25) is 0 Å². The van der Waals surface area contributed by atoms with Gasteiger partial charge in [-0.05, 0) is 43.5 Å². The number of para-hydroxylation sites is 1. The molecular formula is C23H24BrNO4. The Bertz CT molecular complexity index is 1010. The van der Waals surface area contributed by atoms with Crippen molar-refractivity contribution in [1.29, 1.82) is 0 Å². The fraction of sp³-hybridized carbons (Fsp3) is 0.348. The van der Waals surface area contributed by atoms with Crippen molar-refractivity contribution in [1.82, 2.24) is 5.32 Å². The third-order valence-corrected chi connectivity index (χ3v) is 5.98. The van der Waals surface area contributed by atoms with Crippen LogP contribution in [0.25, 0.3) is 11.0 Å². The Morgan fingerprint density at radius 1 is 1.17 bits per heavy atom. The van der Waals surface area contributed by atoms with E-state index in [-0.39, 0.29) is 11.3 Å². The summed E-state index contributed by atoms with van der Waals surface area (Å²) >= 11 is 3.59. The Hall–Kier alpha value is -2.15. The Morgan fingerprint density at radius 2 is 1.97 bits per heavy atom. The summed E-state index contributed by atoms with van der Waals surface area (Å²) in [4.78, 5) is 12.5. The van der Waals surface area contributed by atoms with Crippen molar-refractivity contribution in [3.05, 3.63) is 69.9 Å². The minimum atomic E-state index is -0.427. The Morgan fingerprint density at radius 3 is 2.72 bits per heavy atom. The molecule has 0 bridgehead atoms. The van der Waals surface area contributed by atoms with Crippen LogP contribution in [-0.4, -0.2) is 25.8 Å². The average molecular weight is 458 g/mol. The monoisotopic (exact) mass is 457 g/mol. The number of benzene rings is 2. The number of rotatable bonds is 6. The fourth-order valence-corrected chi connectivity index (χ4v) is 4.37. The number of carbonyl (C=O) groups excluding carboxylic acids is 1. The van der Waals surface area contributed by atoms with Gasteiger partial charge in [-0.25, -0.2) is 4.79 Å². The smallest absolute Gasteiger partial charge is 0.374 e. The first-order valence-electron chi connectivity index (χ1n) is 9.89. The van der Waals surface area contributed by atoms with E-state index in [1.807, 2.05) is 30.3 Å². The first kappa shape index (κ1) is 20.1. The number of furan rings is 1. The van der Waals surface area contributed by atoms with Crippen molar-refractivity contribution < 1.29 is 18.7 Å². The largest absolute Gasteiger partial charge is 0.460 e. The normalized spacial score (nSPS) is 16.1. The highest BCUT2D eigenvalue weighted by atomic mass is 79.9. The van der Waals surface area contributed by atoms with Crippen LogP contribution >= 0.6 is 15.9 Å². The van der Waals surface area contributed by atoms with E-state index in [0.29, 0.717) is 31.9 Å². The minimum absolute atomic E-state index is 0.230. The number of nitrogens with one attached hydrogen (secondary N) is 1. The maximum absolute atomic E-state index is 12.5. The summed E-state index contributed by atoms with van der Waals surface area (Å²) in [6.45, 7) is 3.98. The fourth-order valence-electron chi connectivity index (χ4n) is 3.97. The van der Waals surface area contributed by atoms with Crippen LogP contribution < -0.4 is 5.32 Å². The molecule has 0 atom stereocenters. The van der Waals surface area contributed by atoms with Gasteiger partial charge in [-0.2, -0.15) is 0 Å². The third kappa shape index (κ3) is 4.10. The second kappa shape index (κ2) is 8.69. The molecule has 152 valence electrons. The van der Waals surface area contributed by atoms with Gasteiger partial charge in [0.15, 0.2) is 0 Å². The number of hydrogen-bond donors (Lipinski definition) is 1. The summed E-state index contributed by atoms with van der Waals surface area (Å²) in [5.74, 6) is -0.152. The van der Waals surface area contributed by atoms with Crippen LogP contribution in [0.2, 0.25) is 0 Å². The first-order valence-corrected chi connectivity index (χ1v) is 10.7. The van der Waals surface area contributed by atoms with Gasteiger partial charge in [-0.1, -0.05) is 46.3 Å². The maximum Gasteiger partial charge on any atom is 0.374 e. The molecule has 0 radical (unpaired) electrons. The number of ether oxygens (including phenoxy) is 2. The molecule has 1 fully saturated rings. The number of esters is 1. The molecule has 1 aromatic heterocycles. The van der Waals surface area contributed by atoms with Gasteiger partial charge < -0.3 is 19.2 Å². The number of halogens is 1. The maximum atomic E-state index is 12.5. The van der Waals surface area contributed by atoms with Gasteiger partial charge in [0.05, 0.1) is 6.61 Å². The van der Waals surface area contributed by atoms with Crippen LogP contribution in [0.1, 0.15) is 41.4 Å². The van der Waals surface area contributed by atoms with E-state index in [4.69, 9.17) is 13.9 Å². The zero-order valence-electron chi connectivity index (χ0n) is 16.4. The van der Waals surface area contributed by atoms with Crippen molar-refractivity contribution in [2.45, 2.75) is 31.8 Å². The molecule has 6 heteroatoms. The molecule has 0 spiro atoms. The molecule has 29 heavy (non-hydrogen) atoms. The average Bonchev–Trinajstić information content (AvgIpc) is 3.12. The second-order valence-electron chi connectivity index (χ2n) is 7.18. The predicted molar refractivity (Wildman–Crippen MR) is 115 cm³/mol. The molecule has 0 unspecified atom stereocenters. The van der Waals surface area contributed by atoms with Crippen molar-refractivity contribution in [2.75, 3.05) is 19.8 Å². The molecular weight excluding hydrogens is 434 g/mol. The number of carbonyl (C=O) groups is 1. The second-order valence-corrected chi connectivity index (χ2v) is 8.10. The molecule has 1 N–H and O–H groups in total. The van der Waals surface area contributed by atoms with Gasteiger partial charge in [0.25, 0.3) is 0 Å². The summed E-state index contributed by atoms with van der Waals surface area (Å²) in [7, 11) is 0. The zero-order valence-corrected chi connectivity index (χ0v) is 18.0. The van der Waals surface area contributed by atoms with Crippen molar-refractivity contribution in [3.8, 4) is 0 Å². The van der Waals surface area contributed by atoms with E-state index < -0.39 is 5.97 Å². The molecule has 0 amide bonds. The van der Waals surface area contributed by atoms with Gasteiger partial charge in [-0.15, -0.1) is 0 Å². The van der Waals surface area contributed by atoms with Gasteiger partial charge in [0.1, 0.15) is 5.58 Å². The standard InChI is InChI=1S/C23H24BrNO4/c1-2-28-22(26)21-19(18-8-3-4-9-20(18)29-21)15-25-23(10-12-27-13-11-23)16-6-5-7-17(24)14-16/h3-9,14,25H,2,10-13,15H2,1H3. The van der Waals surface area contributed by atoms with Crippen LogP contribution in [0.15, 0.2) is 57.4 Å². The Labute approximate surface area is 178 Å². The molecule has 1 aliphatic heterocycles. The van der Waals surface area contributed by atoms with Crippen molar-refractivity contribution in [2.24, 2.45) is 0 Å². The summed E-state index contributed by atoms with van der Waals surface area (Å²) in [5.41, 5.74) is 2.50. The van der Waals surface area contributed by atoms with Gasteiger partial charge >= 0.3 is 5.97 Å². The molecule has 3 aromatic rings. The van der Waals surface area contributed by atoms with E-state index in [1.54, 1.807) is 6.92 Å². The van der Waals surface area contributed by atoms with Crippen molar-refractivity contribution >= 4 is 32.9 Å². The summed E-state index contributed by atoms with van der Waals surface area (Å²) in [5, 5.41) is 4.67. The zero-order chi connectivity index (χ0) is 20.3. The van der Waals surface area contributed by atoms with Gasteiger partial charge in [0, 0.05) is 40.7 Å². The molecule has 0 saturated carbocycles. The molecule has 4 rings (SSSR count). The third-order valence-electron chi connectivity index (χ3n) is 5.49. The lowest BCUT2D eigenvalue weighted by atomic mass is 9.82. The van der Waals surface area contributed by atoms with Crippen LogP contribution in [0, 0.1) is 0 Å². The summed E-state index contributed by atoms with van der Waals surface area (Å²) in [6, 6.07) is 16.1. The number of hydrogen-bond acceptors (Lipinski definition) is 5. The SMILES string of the molecule is CCOC(=O)c1oc2ccccc2c1CNC1(c2cccc(Br)c2)CCOCC1. The lowest BCUT2D eigenvalue weighted by Gasteiger charge is -2.39. The van der Waals surface area contributed by atoms with E-state index in [0.717, 1.165) is 28.3 Å². The summed E-state index contributed by atoms with van der Waals surface area (Å²) in [6.07, 6.45) is 1.71. The van der Waals surface area contributed by atoms with E-state index >= 15 is 0 Å². The van der Waals surface area contributed by atoms with E-state index in [2.05, 4.69) is 39.4 Å². The minimum Gasteiger partial charge on any atom is -0.460 e. The highest BCUT2D eigenvalue weighted by molar-refractivity contribution is 9.10. The summed E-state index contributed by atoms with van der Waals surface area (Å²) < 4.78 is 17.8. The quantitative estimate of drug-likeness (QED) is 0.517. The number of fused-ring (bicyclic) bond motifs is 1. The van der Waals surface area contributed by atoms with Crippen LogP contribution in [0.5, 0.6) is 0 Å². The molecule has 5 nitrogen and oxygen atoms in total. The topological polar surface area (TPSA) is 60.7 Å². The van der Waals surface area contributed by atoms with Crippen molar-refractivity contribution in [3.63, 3.8) is 0 Å². The van der Waals surface area contributed by atoms with Gasteiger partial charge in [0.2, 0.25) is 5.76 Å². The molecule has 2 heterocycles. The molecule has 2 aromatic carbocycles. The van der Waals surface area contributed by atoms with Crippen LogP contribution in [0.4, 0.5) is 0 Å². The highest BCUT2D eigenvalue weighted by Gasteiger charge is 2.35. The van der Waals surface area contributed by atoms with E-state index in [1.165, 1.54) is 5.56 Å². The molecule has 1 aliphatic rings. The lowest BCUT2D eigenvalue weighted by Crippen LogP contribution is -2.46. The molecule has 1 saturated heterocycles. The highest BCUT2D eigenvalue weighted by Crippen LogP contribution is 2.35. The molecule has 0 aliphatic carbocycles. The first-order chi connectivity index (χ1) is 14.1. The predicted octanol–water partition coefficient (Wildman–Crippen LogP) is 5.17. The lowest BCUT2D eigenvalue weighted by molar-refractivity contribution is 0.0354. The van der Waals surface area contributed by atoms with Crippen LogP contribution in [-0.2, 0) is 21.6 Å². The Kier molecular flexibility index (Phi) is 6.04. The Balaban J connectivity index is 1.70.